The smallest absolute Gasteiger partial charge is 0.245 e. The highest BCUT2D eigenvalue weighted by Gasteiger charge is 2.25. The second-order valence-corrected chi connectivity index (χ2v) is 6.36. The van der Waals surface area contributed by atoms with Gasteiger partial charge in [-0.2, -0.15) is 4.31 Å². The molecule has 0 amide bonds. The van der Waals surface area contributed by atoms with Crippen molar-refractivity contribution in [2.24, 2.45) is 0 Å². The van der Waals surface area contributed by atoms with Crippen LogP contribution in [0.15, 0.2) is 27.6 Å². The van der Waals surface area contributed by atoms with E-state index in [1.54, 1.807) is 6.07 Å². The molecule has 0 aliphatic rings. The van der Waals surface area contributed by atoms with E-state index in [9.17, 15) is 8.42 Å². The Morgan fingerprint density at radius 3 is 2.28 bits per heavy atom. The molecule has 0 saturated heterocycles. The van der Waals surface area contributed by atoms with Crippen LogP contribution in [0, 0.1) is 0 Å². The van der Waals surface area contributed by atoms with E-state index in [4.69, 9.17) is 15.9 Å². The van der Waals surface area contributed by atoms with Gasteiger partial charge in [0.15, 0.2) is 0 Å². The maximum absolute atomic E-state index is 12.3. The summed E-state index contributed by atoms with van der Waals surface area (Å²) >= 11 is 3.18. The molecule has 0 atom stereocenters. The number of hydrogen-bond acceptors (Lipinski definition) is 5. The highest BCUT2D eigenvalue weighted by atomic mass is 79.9. The summed E-state index contributed by atoms with van der Waals surface area (Å²) in [6.45, 7) is -0.829. The second-order valence-electron chi connectivity index (χ2n) is 3.53. The molecule has 0 fully saturated rings. The molecule has 102 valence electrons. The van der Waals surface area contributed by atoms with Gasteiger partial charge in [-0.05, 0) is 18.2 Å². The summed E-state index contributed by atoms with van der Waals surface area (Å²) in [6, 6.07) is 4.51. The summed E-state index contributed by atoms with van der Waals surface area (Å²) < 4.78 is 26.2. The summed E-state index contributed by atoms with van der Waals surface area (Å²) in [5.41, 5.74) is 5.78. The number of sulfonamides is 1. The molecule has 0 spiro atoms. The maximum atomic E-state index is 12.3. The van der Waals surface area contributed by atoms with Crippen LogP contribution < -0.4 is 5.73 Å². The first-order chi connectivity index (χ1) is 8.43. The van der Waals surface area contributed by atoms with Gasteiger partial charge in [0, 0.05) is 17.6 Å². The third-order valence-electron chi connectivity index (χ3n) is 2.29. The number of halogens is 1. The molecular weight excluding hydrogens is 324 g/mol. The largest absolute Gasteiger partial charge is 0.398 e. The van der Waals surface area contributed by atoms with Gasteiger partial charge < -0.3 is 15.9 Å². The molecule has 6 nitrogen and oxygen atoms in total. The molecular formula is C10H15BrN2O4S. The average Bonchev–Trinajstić information content (AvgIpc) is 2.32. The van der Waals surface area contributed by atoms with Crippen LogP contribution in [0.2, 0.25) is 0 Å². The summed E-state index contributed by atoms with van der Waals surface area (Å²) in [4.78, 5) is -0.0428. The van der Waals surface area contributed by atoms with E-state index in [0.29, 0.717) is 4.47 Å². The zero-order valence-electron chi connectivity index (χ0n) is 9.58. The SMILES string of the molecule is Nc1ccc(Br)cc1S(=O)(=O)N(CCO)CCO. The lowest BCUT2D eigenvalue weighted by Crippen LogP contribution is -2.36. The van der Waals surface area contributed by atoms with Crippen molar-refractivity contribution < 1.29 is 18.6 Å². The van der Waals surface area contributed by atoms with E-state index >= 15 is 0 Å². The number of nitrogens with zero attached hydrogens (tertiary/aromatic N) is 1. The third-order valence-corrected chi connectivity index (χ3v) is 4.74. The first-order valence-electron chi connectivity index (χ1n) is 5.20. The van der Waals surface area contributed by atoms with Gasteiger partial charge in [-0.3, -0.25) is 0 Å². The van der Waals surface area contributed by atoms with Crippen molar-refractivity contribution in [1.82, 2.24) is 4.31 Å². The van der Waals surface area contributed by atoms with Crippen molar-refractivity contribution in [3.63, 3.8) is 0 Å². The Morgan fingerprint density at radius 2 is 1.78 bits per heavy atom. The molecule has 0 radical (unpaired) electrons. The van der Waals surface area contributed by atoms with Crippen molar-refractivity contribution >= 4 is 31.6 Å². The van der Waals surface area contributed by atoms with Gasteiger partial charge in [-0.15, -0.1) is 0 Å². The fourth-order valence-electron chi connectivity index (χ4n) is 1.45. The Labute approximate surface area is 114 Å². The molecule has 0 aliphatic carbocycles. The summed E-state index contributed by atoms with van der Waals surface area (Å²) in [6.07, 6.45) is 0. The number of hydrogen-bond donors (Lipinski definition) is 3. The number of nitrogens with two attached hydrogens (primary N) is 1. The second kappa shape index (κ2) is 6.48. The maximum Gasteiger partial charge on any atom is 0.245 e. The van der Waals surface area contributed by atoms with Crippen LogP contribution in [-0.2, 0) is 10.0 Å². The van der Waals surface area contributed by atoms with Gasteiger partial charge in [0.1, 0.15) is 4.90 Å². The van der Waals surface area contributed by atoms with Gasteiger partial charge >= 0.3 is 0 Å². The van der Waals surface area contributed by atoms with Crippen molar-refractivity contribution in [2.45, 2.75) is 4.90 Å². The van der Waals surface area contributed by atoms with Crippen LogP contribution in [0.1, 0.15) is 0 Å². The minimum absolute atomic E-state index is 0.0428. The highest BCUT2D eigenvalue weighted by molar-refractivity contribution is 9.10. The van der Waals surface area contributed by atoms with Crippen LogP contribution in [0.3, 0.4) is 0 Å². The van der Waals surface area contributed by atoms with Crippen molar-refractivity contribution in [3.05, 3.63) is 22.7 Å². The Bertz CT molecular complexity index is 501. The van der Waals surface area contributed by atoms with Crippen LogP contribution in [0.4, 0.5) is 5.69 Å². The average molecular weight is 339 g/mol. The number of anilines is 1. The molecule has 8 heteroatoms. The van der Waals surface area contributed by atoms with E-state index < -0.39 is 10.0 Å². The predicted octanol–water partition coefficient (Wildman–Crippen LogP) is 0.00660. The van der Waals surface area contributed by atoms with Gasteiger partial charge in [-0.25, -0.2) is 8.42 Å². The first-order valence-corrected chi connectivity index (χ1v) is 7.43. The minimum Gasteiger partial charge on any atom is -0.398 e. The monoisotopic (exact) mass is 338 g/mol. The van der Waals surface area contributed by atoms with Crippen LogP contribution >= 0.6 is 15.9 Å². The van der Waals surface area contributed by atoms with Crippen molar-refractivity contribution in [3.8, 4) is 0 Å². The zero-order chi connectivity index (χ0) is 13.8. The number of nitrogen functional groups attached to an aromatic ring is 1. The molecule has 0 heterocycles. The zero-order valence-corrected chi connectivity index (χ0v) is 12.0. The van der Waals surface area contributed by atoms with E-state index in [2.05, 4.69) is 15.9 Å². The van der Waals surface area contributed by atoms with Crippen LogP contribution in [0.25, 0.3) is 0 Å². The van der Waals surface area contributed by atoms with E-state index in [0.717, 1.165) is 4.31 Å². The van der Waals surface area contributed by atoms with Crippen molar-refractivity contribution in [1.29, 1.82) is 0 Å². The summed E-state index contributed by atoms with van der Waals surface area (Å²) in [7, 11) is -3.82. The Balaban J connectivity index is 3.21. The Hall–Kier alpha value is -0.670. The van der Waals surface area contributed by atoms with E-state index in [-0.39, 0.29) is 36.9 Å². The molecule has 1 rings (SSSR count). The normalized spacial score (nSPS) is 12.0. The molecule has 18 heavy (non-hydrogen) atoms. The molecule has 1 aromatic rings. The van der Waals surface area contributed by atoms with Crippen LogP contribution in [-0.4, -0.2) is 49.2 Å². The molecule has 0 saturated carbocycles. The molecule has 4 N–H and O–H groups in total. The van der Waals surface area contributed by atoms with Gasteiger partial charge in [0.25, 0.3) is 0 Å². The quantitative estimate of drug-likeness (QED) is 0.633. The number of benzene rings is 1. The topological polar surface area (TPSA) is 104 Å². The number of rotatable bonds is 6. The minimum atomic E-state index is -3.82. The van der Waals surface area contributed by atoms with Gasteiger partial charge in [0.05, 0.1) is 18.9 Å². The third kappa shape index (κ3) is 3.42. The first kappa shape index (κ1) is 15.4. The fourth-order valence-corrected chi connectivity index (χ4v) is 3.52. The number of aliphatic hydroxyl groups is 2. The summed E-state index contributed by atoms with van der Waals surface area (Å²) in [5, 5.41) is 17.7. The van der Waals surface area contributed by atoms with Gasteiger partial charge in [-0.1, -0.05) is 15.9 Å². The molecule has 0 bridgehead atoms. The lowest BCUT2D eigenvalue weighted by Gasteiger charge is -2.21. The molecule has 0 aliphatic heterocycles. The van der Waals surface area contributed by atoms with E-state index in [1.165, 1.54) is 12.1 Å². The standard InChI is InChI=1S/C10H15BrN2O4S/c11-8-1-2-9(12)10(7-8)18(16,17)13(3-5-14)4-6-15/h1-2,7,14-15H,3-6,12H2. The Kier molecular flexibility index (Phi) is 5.54. The van der Waals surface area contributed by atoms with Crippen LogP contribution in [0.5, 0.6) is 0 Å². The fraction of sp³-hybridized carbons (Fsp3) is 0.400. The van der Waals surface area contributed by atoms with Gasteiger partial charge in [0.2, 0.25) is 10.0 Å². The molecule has 0 unspecified atom stereocenters. The lowest BCUT2D eigenvalue weighted by molar-refractivity contribution is 0.217. The highest BCUT2D eigenvalue weighted by Crippen LogP contribution is 2.25. The van der Waals surface area contributed by atoms with Crippen molar-refractivity contribution in [2.75, 3.05) is 32.0 Å². The van der Waals surface area contributed by atoms with E-state index in [1.807, 2.05) is 0 Å². The predicted molar refractivity (Wildman–Crippen MR) is 71.5 cm³/mol. The molecule has 0 aromatic heterocycles. The Morgan fingerprint density at radius 1 is 1.22 bits per heavy atom. The lowest BCUT2D eigenvalue weighted by atomic mass is 10.3. The number of aliphatic hydroxyl groups excluding tert-OH is 2. The summed E-state index contributed by atoms with van der Waals surface area (Å²) in [5.74, 6) is 0. The molecule has 1 aromatic carbocycles.